The second-order valence-electron chi connectivity index (χ2n) is 5.03. The molecule has 0 aromatic heterocycles. The van der Waals surface area contributed by atoms with Crippen LogP contribution in [0.5, 0.6) is 0 Å². The Morgan fingerprint density at radius 3 is 2.61 bits per heavy atom. The number of piperidine rings is 1. The summed E-state index contributed by atoms with van der Waals surface area (Å²) in [7, 11) is -8.75. The third-order valence-corrected chi connectivity index (χ3v) is 4.92. The molecule has 23 heavy (non-hydrogen) atoms. The number of rotatable bonds is 6. The highest BCUT2D eigenvalue weighted by Crippen LogP contribution is 2.30. The second-order valence-corrected chi connectivity index (χ2v) is 7.53. The number of carbonyl (C=O) groups excluding carboxylic acids is 1. The minimum atomic E-state index is -4.85. The molecule has 12 nitrogen and oxygen atoms in total. The Hall–Kier alpha value is -1.48. The number of nitrogens with one attached hydrogen (secondary N) is 3. The van der Waals surface area contributed by atoms with Crippen LogP contribution >= 0.6 is 0 Å². The van der Waals surface area contributed by atoms with Crippen LogP contribution in [-0.4, -0.2) is 68.4 Å². The van der Waals surface area contributed by atoms with E-state index in [1.807, 2.05) is 4.72 Å². The van der Waals surface area contributed by atoms with Crippen LogP contribution < -0.4 is 9.44 Å². The van der Waals surface area contributed by atoms with Crippen LogP contribution in [0.25, 0.3) is 0 Å². The summed E-state index contributed by atoms with van der Waals surface area (Å²) in [5.74, 6) is -0.411. The van der Waals surface area contributed by atoms with Gasteiger partial charge in [0.2, 0.25) is 0 Å². The summed E-state index contributed by atoms with van der Waals surface area (Å²) in [6, 6.07) is -2.32. The van der Waals surface area contributed by atoms with Crippen LogP contribution in [0.1, 0.15) is 19.8 Å². The molecular weight excluding hydrogens is 354 g/mol. The maximum atomic E-state index is 12.1. The number of amides is 2. The molecule has 2 aliphatic heterocycles. The first-order valence-corrected chi connectivity index (χ1v) is 9.51. The summed E-state index contributed by atoms with van der Waals surface area (Å²) in [6.07, 6.45) is 0.531. The van der Waals surface area contributed by atoms with Gasteiger partial charge in [-0.2, -0.15) is 26.6 Å². The van der Waals surface area contributed by atoms with E-state index in [4.69, 9.17) is 9.96 Å². The van der Waals surface area contributed by atoms with Crippen molar-refractivity contribution in [2.75, 3.05) is 13.1 Å². The molecule has 2 amide bonds. The molecule has 0 spiro atoms. The van der Waals surface area contributed by atoms with Crippen LogP contribution in [0.2, 0.25) is 0 Å². The van der Waals surface area contributed by atoms with Crippen LogP contribution in [-0.2, 0) is 24.9 Å². The van der Waals surface area contributed by atoms with Crippen molar-refractivity contribution in [3.63, 3.8) is 0 Å². The lowest BCUT2D eigenvalue weighted by Gasteiger charge is -2.30. The summed E-state index contributed by atoms with van der Waals surface area (Å²) in [6.45, 7) is 1.76. The van der Waals surface area contributed by atoms with E-state index >= 15 is 0 Å². The normalized spacial score (nSPS) is 24.9. The molecule has 0 aliphatic carbocycles. The van der Waals surface area contributed by atoms with Gasteiger partial charge in [-0.25, -0.2) is 4.79 Å². The van der Waals surface area contributed by atoms with Gasteiger partial charge in [0.25, 0.3) is 10.2 Å². The van der Waals surface area contributed by atoms with Crippen LogP contribution in [0.4, 0.5) is 4.79 Å². The zero-order chi connectivity index (χ0) is 17.4. The lowest BCUT2D eigenvalue weighted by atomic mass is 10.0. The number of fused-ring (bicyclic) bond motifs is 2. The highest BCUT2D eigenvalue weighted by molar-refractivity contribution is 7.88. The van der Waals surface area contributed by atoms with Gasteiger partial charge >= 0.3 is 16.4 Å². The monoisotopic (exact) mass is 371 g/mol. The number of hydroxylamine groups is 2. The predicted molar refractivity (Wildman–Crippen MR) is 76.8 cm³/mol. The molecule has 14 heteroatoms. The van der Waals surface area contributed by atoms with Gasteiger partial charge in [0.15, 0.2) is 0 Å². The Bertz CT molecular complexity index is 706. The molecule has 0 unspecified atom stereocenters. The molecule has 2 atom stereocenters. The van der Waals surface area contributed by atoms with Crippen molar-refractivity contribution in [1.29, 1.82) is 5.41 Å². The first kappa shape index (κ1) is 17.9. The first-order chi connectivity index (χ1) is 10.5. The average Bonchev–Trinajstić information content (AvgIpc) is 2.62. The van der Waals surface area contributed by atoms with E-state index in [0.717, 1.165) is 4.90 Å². The zero-order valence-corrected chi connectivity index (χ0v) is 13.7. The molecule has 2 aliphatic rings. The highest BCUT2D eigenvalue weighted by Gasteiger charge is 2.48. The minimum Gasteiger partial charge on any atom is -0.310 e. The van der Waals surface area contributed by atoms with E-state index < -0.39 is 44.6 Å². The molecule has 0 radical (unpaired) electrons. The fourth-order valence-electron chi connectivity index (χ4n) is 2.57. The minimum absolute atomic E-state index is 0.0599. The summed E-state index contributed by atoms with van der Waals surface area (Å²) < 4.78 is 61.9. The third kappa shape index (κ3) is 4.08. The van der Waals surface area contributed by atoms with Crippen molar-refractivity contribution in [3.8, 4) is 0 Å². The topological polar surface area (TPSA) is 169 Å². The van der Waals surface area contributed by atoms with Gasteiger partial charge in [-0.3, -0.25) is 14.7 Å². The summed E-state index contributed by atoms with van der Waals surface area (Å²) >= 11 is 0. The van der Waals surface area contributed by atoms with E-state index in [9.17, 15) is 21.6 Å². The van der Waals surface area contributed by atoms with Crippen LogP contribution in [0.15, 0.2) is 0 Å². The molecule has 0 aromatic carbocycles. The van der Waals surface area contributed by atoms with Crippen molar-refractivity contribution in [3.05, 3.63) is 0 Å². The molecule has 2 rings (SSSR count). The largest absolute Gasteiger partial charge is 0.418 e. The smallest absolute Gasteiger partial charge is 0.310 e. The number of hydrogen-bond donors (Lipinski definition) is 4. The molecule has 2 heterocycles. The first-order valence-electron chi connectivity index (χ1n) is 6.66. The zero-order valence-electron chi connectivity index (χ0n) is 12.1. The van der Waals surface area contributed by atoms with Gasteiger partial charge in [0.05, 0.1) is 12.1 Å². The van der Waals surface area contributed by atoms with Gasteiger partial charge in [-0.15, -0.1) is 4.28 Å². The van der Waals surface area contributed by atoms with E-state index in [2.05, 4.69) is 9.01 Å². The lowest BCUT2D eigenvalue weighted by molar-refractivity contribution is -0.0316. The van der Waals surface area contributed by atoms with Crippen molar-refractivity contribution >= 4 is 32.5 Å². The SMILES string of the molecule is CCNS(=O)(=O)NC(=N)[C@@H]1CC[C@@H]2CN1C(=O)N2OS(=O)(=O)O. The van der Waals surface area contributed by atoms with Gasteiger partial charge in [0, 0.05) is 13.1 Å². The Morgan fingerprint density at radius 1 is 1.39 bits per heavy atom. The van der Waals surface area contributed by atoms with E-state index in [1.165, 1.54) is 0 Å². The number of urea groups is 1. The second kappa shape index (κ2) is 6.20. The van der Waals surface area contributed by atoms with Gasteiger partial charge < -0.3 is 4.90 Å². The van der Waals surface area contributed by atoms with E-state index in [1.54, 1.807) is 6.92 Å². The fourth-order valence-corrected chi connectivity index (χ4v) is 3.84. The summed E-state index contributed by atoms with van der Waals surface area (Å²) in [5.41, 5.74) is 0. The van der Waals surface area contributed by atoms with Crippen molar-refractivity contribution in [1.82, 2.24) is 19.4 Å². The maximum absolute atomic E-state index is 12.1. The van der Waals surface area contributed by atoms with E-state index in [-0.39, 0.29) is 25.9 Å². The fraction of sp³-hybridized carbons (Fsp3) is 0.778. The Morgan fingerprint density at radius 2 is 2.04 bits per heavy atom. The lowest BCUT2D eigenvalue weighted by Crippen LogP contribution is -2.52. The molecule has 2 saturated heterocycles. The number of carbonyl (C=O) groups is 1. The highest BCUT2D eigenvalue weighted by atomic mass is 32.3. The number of nitrogens with zero attached hydrogens (tertiary/aromatic N) is 2. The van der Waals surface area contributed by atoms with Crippen molar-refractivity contribution in [2.24, 2.45) is 0 Å². The maximum Gasteiger partial charge on any atom is 0.418 e. The van der Waals surface area contributed by atoms with Gasteiger partial charge in [-0.1, -0.05) is 6.92 Å². The molecular formula is C9H17N5O7S2. The van der Waals surface area contributed by atoms with Gasteiger partial charge in [0.1, 0.15) is 5.84 Å². The average molecular weight is 371 g/mol. The Labute approximate surface area is 133 Å². The molecule has 4 N–H and O–H groups in total. The number of hydrogen-bond acceptors (Lipinski definition) is 7. The van der Waals surface area contributed by atoms with Crippen molar-refractivity contribution in [2.45, 2.75) is 31.8 Å². The summed E-state index contributed by atoms with van der Waals surface area (Å²) in [4.78, 5) is 13.3. The quantitative estimate of drug-likeness (QED) is 0.248. The summed E-state index contributed by atoms with van der Waals surface area (Å²) in [5, 5.41) is 8.38. The molecule has 2 fully saturated rings. The molecule has 0 saturated carbocycles. The van der Waals surface area contributed by atoms with E-state index in [0.29, 0.717) is 5.06 Å². The van der Waals surface area contributed by atoms with Gasteiger partial charge in [-0.05, 0) is 12.8 Å². The molecule has 132 valence electrons. The third-order valence-electron chi connectivity index (χ3n) is 3.41. The predicted octanol–water partition coefficient (Wildman–Crippen LogP) is -1.59. The van der Waals surface area contributed by atoms with Crippen LogP contribution in [0.3, 0.4) is 0 Å². The number of amidine groups is 1. The Balaban J connectivity index is 2.11. The molecule has 0 aromatic rings. The Kier molecular flexibility index (Phi) is 4.81. The van der Waals surface area contributed by atoms with Crippen molar-refractivity contribution < 1.29 is 30.5 Å². The standard InChI is InChI=1S/C9H17N5O7S2/c1-2-11-22(16,17)12-8(10)7-4-3-6-5-13(7)9(15)14(6)21-23(18,19)20/h6-7,11H,2-5H2,1H3,(H2,10,12)(H,18,19,20)/t6-,7+/m1/s1. The van der Waals surface area contributed by atoms with Crippen LogP contribution in [0, 0.1) is 5.41 Å². The molecule has 2 bridgehead atoms.